The van der Waals surface area contributed by atoms with Crippen LogP contribution in [0.1, 0.15) is 27.2 Å². The number of benzene rings is 1. The standard InChI is InChI=1S/C16H20BrNO3/c1-5-15(16(20)21-6-2)11(3)18(12(4)19)14-9-7-13(17)8-10-14/h7-10,15H,3,5-6H2,1-2,4H3. The molecule has 1 unspecified atom stereocenters. The zero-order chi connectivity index (χ0) is 16.0. The van der Waals surface area contributed by atoms with Gasteiger partial charge in [-0.15, -0.1) is 0 Å². The summed E-state index contributed by atoms with van der Waals surface area (Å²) in [5, 5.41) is 0. The monoisotopic (exact) mass is 353 g/mol. The molecular formula is C16H20BrNO3. The molecule has 0 spiro atoms. The van der Waals surface area contributed by atoms with Crippen molar-refractivity contribution in [3.05, 3.63) is 41.0 Å². The van der Waals surface area contributed by atoms with Gasteiger partial charge in [-0.25, -0.2) is 0 Å². The van der Waals surface area contributed by atoms with E-state index in [2.05, 4.69) is 22.5 Å². The van der Waals surface area contributed by atoms with Crippen molar-refractivity contribution in [1.29, 1.82) is 0 Å². The van der Waals surface area contributed by atoms with Crippen LogP contribution in [0.25, 0.3) is 0 Å². The maximum absolute atomic E-state index is 12.0. The highest BCUT2D eigenvalue weighted by molar-refractivity contribution is 9.10. The number of ether oxygens (including phenoxy) is 1. The molecule has 1 aromatic rings. The second-order valence-corrected chi connectivity index (χ2v) is 5.45. The highest BCUT2D eigenvalue weighted by atomic mass is 79.9. The van der Waals surface area contributed by atoms with E-state index in [1.165, 1.54) is 11.8 Å². The third-order valence-corrected chi connectivity index (χ3v) is 3.60. The first-order chi connectivity index (χ1) is 9.92. The summed E-state index contributed by atoms with van der Waals surface area (Å²) in [5.41, 5.74) is 1.12. The normalized spacial score (nSPS) is 11.6. The fraction of sp³-hybridized carbons (Fsp3) is 0.375. The fourth-order valence-electron chi connectivity index (χ4n) is 2.08. The van der Waals surface area contributed by atoms with Gasteiger partial charge in [0.05, 0.1) is 12.5 Å². The van der Waals surface area contributed by atoms with Crippen LogP contribution in [0.2, 0.25) is 0 Å². The molecule has 1 amide bonds. The Bertz CT molecular complexity index is 525. The summed E-state index contributed by atoms with van der Waals surface area (Å²) in [4.78, 5) is 25.4. The van der Waals surface area contributed by atoms with Gasteiger partial charge in [-0.3, -0.25) is 14.5 Å². The van der Waals surface area contributed by atoms with Crippen molar-refractivity contribution in [3.8, 4) is 0 Å². The van der Waals surface area contributed by atoms with Crippen molar-refractivity contribution in [1.82, 2.24) is 0 Å². The molecule has 114 valence electrons. The van der Waals surface area contributed by atoms with Gasteiger partial charge in [-0.2, -0.15) is 0 Å². The molecule has 0 aliphatic heterocycles. The van der Waals surface area contributed by atoms with E-state index in [1.807, 2.05) is 19.1 Å². The first-order valence-electron chi connectivity index (χ1n) is 6.84. The lowest BCUT2D eigenvalue weighted by molar-refractivity contribution is -0.146. The molecule has 0 heterocycles. The van der Waals surface area contributed by atoms with E-state index in [0.29, 0.717) is 24.4 Å². The number of halogens is 1. The topological polar surface area (TPSA) is 46.6 Å². The van der Waals surface area contributed by atoms with Gasteiger partial charge in [0.25, 0.3) is 0 Å². The van der Waals surface area contributed by atoms with Gasteiger partial charge in [0, 0.05) is 22.8 Å². The van der Waals surface area contributed by atoms with Crippen LogP contribution in [0.5, 0.6) is 0 Å². The summed E-state index contributed by atoms with van der Waals surface area (Å²) in [6, 6.07) is 7.27. The third kappa shape index (κ3) is 4.43. The van der Waals surface area contributed by atoms with Crippen molar-refractivity contribution in [3.63, 3.8) is 0 Å². The highest BCUT2D eigenvalue weighted by Gasteiger charge is 2.28. The number of esters is 1. The Hall–Kier alpha value is -1.62. The van der Waals surface area contributed by atoms with Gasteiger partial charge in [0.2, 0.25) is 5.91 Å². The molecule has 0 bridgehead atoms. The summed E-state index contributed by atoms with van der Waals surface area (Å²) < 4.78 is 5.97. The Balaban J connectivity index is 3.09. The lowest BCUT2D eigenvalue weighted by Crippen LogP contribution is -2.34. The molecule has 4 nitrogen and oxygen atoms in total. The number of hydrogen-bond acceptors (Lipinski definition) is 3. The molecule has 5 heteroatoms. The van der Waals surface area contributed by atoms with Crippen molar-refractivity contribution in [2.45, 2.75) is 27.2 Å². The number of carbonyl (C=O) groups excluding carboxylic acids is 2. The van der Waals surface area contributed by atoms with Crippen LogP contribution in [0, 0.1) is 5.92 Å². The molecule has 0 radical (unpaired) electrons. The maximum Gasteiger partial charge on any atom is 0.314 e. The molecule has 0 aliphatic carbocycles. The smallest absolute Gasteiger partial charge is 0.314 e. The fourth-order valence-corrected chi connectivity index (χ4v) is 2.34. The number of anilines is 1. The molecule has 0 aliphatic rings. The van der Waals surface area contributed by atoms with Crippen LogP contribution in [-0.4, -0.2) is 18.5 Å². The molecule has 1 rings (SSSR count). The van der Waals surface area contributed by atoms with E-state index in [0.717, 1.165) is 4.47 Å². The van der Waals surface area contributed by atoms with Crippen molar-refractivity contribution in [2.75, 3.05) is 11.5 Å². The van der Waals surface area contributed by atoms with E-state index < -0.39 is 5.92 Å². The van der Waals surface area contributed by atoms with Gasteiger partial charge in [-0.05, 0) is 37.6 Å². The van der Waals surface area contributed by atoms with Crippen molar-refractivity contribution >= 4 is 33.5 Å². The average Bonchev–Trinajstić information content (AvgIpc) is 2.42. The Kier molecular flexibility index (Phi) is 6.62. The second-order valence-electron chi connectivity index (χ2n) is 4.54. The minimum absolute atomic E-state index is 0.190. The number of rotatable bonds is 6. The Morgan fingerprint density at radius 3 is 2.29 bits per heavy atom. The van der Waals surface area contributed by atoms with E-state index in [1.54, 1.807) is 19.1 Å². The summed E-state index contributed by atoms with van der Waals surface area (Å²) >= 11 is 3.36. The van der Waals surface area contributed by atoms with Crippen molar-refractivity contribution in [2.24, 2.45) is 5.92 Å². The summed E-state index contributed by atoms with van der Waals surface area (Å²) in [6.45, 7) is 9.32. The molecule has 0 saturated heterocycles. The lowest BCUT2D eigenvalue weighted by Gasteiger charge is -2.28. The molecule has 1 atom stereocenters. The quantitative estimate of drug-likeness (QED) is 0.728. The lowest BCUT2D eigenvalue weighted by atomic mass is 10.0. The van der Waals surface area contributed by atoms with E-state index >= 15 is 0 Å². The molecule has 21 heavy (non-hydrogen) atoms. The minimum Gasteiger partial charge on any atom is -0.465 e. The number of hydrogen-bond donors (Lipinski definition) is 0. The van der Waals surface area contributed by atoms with E-state index in [9.17, 15) is 9.59 Å². The molecule has 0 aromatic heterocycles. The van der Waals surface area contributed by atoms with E-state index in [-0.39, 0.29) is 11.9 Å². The summed E-state index contributed by atoms with van der Waals surface area (Å²) in [6.07, 6.45) is 0.526. The van der Waals surface area contributed by atoms with E-state index in [4.69, 9.17) is 4.74 Å². The Morgan fingerprint density at radius 1 is 1.29 bits per heavy atom. The van der Waals surface area contributed by atoms with Gasteiger partial charge in [-0.1, -0.05) is 29.4 Å². The van der Waals surface area contributed by atoms with Crippen LogP contribution < -0.4 is 4.90 Å². The van der Waals surface area contributed by atoms with Gasteiger partial charge < -0.3 is 4.74 Å². The zero-order valence-electron chi connectivity index (χ0n) is 12.6. The molecule has 0 fully saturated rings. The third-order valence-electron chi connectivity index (χ3n) is 3.07. The molecule has 0 saturated carbocycles. The molecule has 1 aromatic carbocycles. The van der Waals surface area contributed by atoms with Gasteiger partial charge in [0.15, 0.2) is 0 Å². The predicted octanol–water partition coefficient (Wildman–Crippen LogP) is 3.91. The Labute approximate surface area is 133 Å². The molecule has 0 N–H and O–H groups in total. The number of nitrogens with zero attached hydrogens (tertiary/aromatic N) is 1. The van der Waals surface area contributed by atoms with Crippen LogP contribution in [0.15, 0.2) is 41.0 Å². The summed E-state index contributed by atoms with van der Waals surface area (Å²) in [5.74, 6) is -1.07. The van der Waals surface area contributed by atoms with Crippen LogP contribution in [0.4, 0.5) is 5.69 Å². The van der Waals surface area contributed by atoms with Crippen LogP contribution >= 0.6 is 15.9 Å². The maximum atomic E-state index is 12.0. The first-order valence-corrected chi connectivity index (χ1v) is 7.63. The zero-order valence-corrected chi connectivity index (χ0v) is 14.1. The summed E-state index contributed by atoms with van der Waals surface area (Å²) in [7, 11) is 0. The van der Waals surface area contributed by atoms with Crippen LogP contribution in [0.3, 0.4) is 0 Å². The Morgan fingerprint density at radius 2 is 1.86 bits per heavy atom. The van der Waals surface area contributed by atoms with Gasteiger partial charge >= 0.3 is 5.97 Å². The highest BCUT2D eigenvalue weighted by Crippen LogP contribution is 2.27. The first kappa shape index (κ1) is 17.4. The molecular weight excluding hydrogens is 334 g/mol. The minimum atomic E-state index is -0.530. The second kappa shape index (κ2) is 7.98. The average molecular weight is 354 g/mol. The number of carbonyl (C=O) groups is 2. The van der Waals surface area contributed by atoms with Gasteiger partial charge in [0.1, 0.15) is 0 Å². The SMILES string of the molecule is C=C(C(CC)C(=O)OCC)N(C(C)=O)c1ccc(Br)cc1. The predicted molar refractivity (Wildman–Crippen MR) is 86.9 cm³/mol. The largest absolute Gasteiger partial charge is 0.465 e. The van der Waals surface area contributed by atoms with Crippen LogP contribution in [-0.2, 0) is 14.3 Å². The number of amides is 1. The van der Waals surface area contributed by atoms with Crippen molar-refractivity contribution < 1.29 is 14.3 Å².